The maximum Gasteiger partial charge on any atom is 0.339 e. The molecule has 162 valence electrons. The van der Waals surface area contributed by atoms with Crippen LogP contribution in [0.25, 0.3) is 11.0 Å². The SMILES string of the molecule is Cc1c(O[C@H](C)C(=O)NCCCCCC(=O)[O-])ccc2c3c(c(=O)oc12)CCCC3. The molecule has 1 N–H and O–H groups in total. The van der Waals surface area contributed by atoms with Crippen molar-refractivity contribution < 1.29 is 23.8 Å². The van der Waals surface area contributed by atoms with Gasteiger partial charge in [0.2, 0.25) is 0 Å². The van der Waals surface area contributed by atoms with Gasteiger partial charge in [-0.1, -0.05) is 6.42 Å². The lowest BCUT2D eigenvalue weighted by atomic mass is 9.90. The molecular formula is C23H28NO6-. The normalized spacial score (nSPS) is 14.2. The molecule has 0 saturated carbocycles. The molecule has 7 heteroatoms. The minimum Gasteiger partial charge on any atom is -0.550 e. The fraction of sp³-hybridized carbons (Fsp3) is 0.522. The number of fused-ring (bicyclic) bond motifs is 3. The fourth-order valence-corrected chi connectivity index (χ4v) is 3.92. The lowest BCUT2D eigenvalue weighted by Gasteiger charge is -2.19. The monoisotopic (exact) mass is 414 g/mol. The van der Waals surface area contributed by atoms with Crippen LogP contribution in [0.15, 0.2) is 21.3 Å². The van der Waals surface area contributed by atoms with Crippen molar-refractivity contribution in [2.75, 3.05) is 6.54 Å². The van der Waals surface area contributed by atoms with Gasteiger partial charge < -0.3 is 24.4 Å². The first-order valence-electron chi connectivity index (χ1n) is 10.6. The Labute approximate surface area is 175 Å². The number of carboxylic acid groups (broad SMARTS) is 1. The van der Waals surface area contributed by atoms with Crippen LogP contribution in [0.4, 0.5) is 0 Å². The first-order valence-corrected chi connectivity index (χ1v) is 10.6. The van der Waals surface area contributed by atoms with Gasteiger partial charge in [-0.3, -0.25) is 4.79 Å². The third kappa shape index (κ3) is 5.01. The molecule has 0 spiro atoms. The third-order valence-electron chi connectivity index (χ3n) is 5.62. The Morgan fingerprint density at radius 3 is 2.63 bits per heavy atom. The fourth-order valence-electron chi connectivity index (χ4n) is 3.92. The van der Waals surface area contributed by atoms with E-state index in [2.05, 4.69) is 5.32 Å². The summed E-state index contributed by atoms with van der Waals surface area (Å²) in [6.07, 6.45) is 4.96. The van der Waals surface area contributed by atoms with E-state index in [9.17, 15) is 19.5 Å². The van der Waals surface area contributed by atoms with Crippen molar-refractivity contribution in [3.63, 3.8) is 0 Å². The van der Waals surface area contributed by atoms with E-state index in [1.165, 1.54) is 0 Å². The lowest BCUT2D eigenvalue weighted by Crippen LogP contribution is -2.37. The quantitative estimate of drug-likeness (QED) is 0.498. The molecule has 1 heterocycles. The van der Waals surface area contributed by atoms with Gasteiger partial charge in [0.15, 0.2) is 6.10 Å². The predicted molar refractivity (Wildman–Crippen MR) is 110 cm³/mol. The summed E-state index contributed by atoms with van der Waals surface area (Å²) in [7, 11) is 0. The Bertz CT molecular complexity index is 993. The molecule has 0 saturated heterocycles. The molecule has 7 nitrogen and oxygen atoms in total. The summed E-state index contributed by atoms with van der Waals surface area (Å²) < 4.78 is 11.5. The smallest absolute Gasteiger partial charge is 0.339 e. The molecule has 1 amide bonds. The number of aliphatic carboxylic acids is 1. The standard InChI is InChI=1S/C23H29NO6/c1-14-19(29-15(2)22(27)24-13-7-3-4-10-20(25)26)12-11-17-16-8-5-6-9-18(16)23(28)30-21(14)17/h11-12,15H,3-10,13H2,1-2H3,(H,24,27)(H,25,26)/p-1/t15-/m1/s1. The number of rotatable bonds is 9. The molecule has 2 aromatic rings. The molecule has 1 aromatic heterocycles. The maximum absolute atomic E-state index is 12.4. The highest BCUT2D eigenvalue weighted by molar-refractivity contribution is 5.86. The Hall–Kier alpha value is -2.83. The molecular weight excluding hydrogens is 386 g/mol. The van der Waals surface area contributed by atoms with E-state index in [0.29, 0.717) is 42.7 Å². The minimum atomic E-state index is -1.05. The molecule has 1 aliphatic carbocycles. The lowest BCUT2D eigenvalue weighted by molar-refractivity contribution is -0.305. The Balaban J connectivity index is 1.64. The van der Waals surface area contributed by atoms with Gasteiger partial charge in [0, 0.05) is 29.0 Å². The van der Waals surface area contributed by atoms with Crippen molar-refractivity contribution in [2.24, 2.45) is 0 Å². The maximum atomic E-state index is 12.4. The van der Waals surface area contributed by atoms with Crippen LogP contribution >= 0.6 is 0 Å². The van der Waals surface area contributed by atoms with E-state index in [1.807, 2.05) is 19.1 Å². The number of carbonyl (C=O) groups excluding carboxylic acids is 2. The van der Waals surface area contributed by atoms with Crippen molar-refractivity contribution in [1.82, 2.24) is 5.32 Å². The number of hydrogen-bond acceptors (Lipinski definition) is 6. The summed E-state index contributed by atoms with van der Waals surface area (Å²) in [6.45, 7) is 3.95. The highest BCUT2D eigenvalue weighted by atomic mass is 16.5. The topological polar surface area (TPSA) is 109 Å². The third-order valence-corrected chi connectivity index (χ3v) is 5.62. The molecule has 3 rings (SSSR count). The van der Waals surface area contributed by atoms with E-state index in [0.717, 1.165) is 42.2 Å². The second-order valence-electron chi connectivity index (χ2n) is 7.85. The number of nitrogens with one attached hydrogen (secondary N) is 1. The van der Waals surface area contributed by atoms with Crippen molar-refractivity contribution in [2.45, 2.75) is 71.3 Å². The van der Waals surface area contributed by atoms with Gasteiger partial charge >= 0.3 is 5.63 Å². The minimum absolute atomic E-state index is 0.0357. The van der Waals surface area contributed by atoms with Gasteiger partial charge in [0.25, 0.3) is 5.91 Å². The molecule has 0 aliphatic heterocycles. The van der Waals surface area contributed by atoms with Crippen molar-refractivity contribution in [3.05, 3.63) is 39.2 Å². The molecule has 30 heavy (non-hydrogen) atoms. The van der Waals surface area contributed by atoms with Crippen LogP contribution in [-0.2, 0) is 22.4 Å². The summed E-state index contributed by atoms with van der Waals surface area (Å²) in [5.74, 6) is -0.789. The van der Waals surface area contributed by atoms with Crippen LogP contribution in [0.5, 0.6) is 5.75 Å². The zero-order valence-electron chi connectivity index (χ0n) is 17.5. The number of ether oxygens (including phenoxy) is 1. The van der Waals surface area contributed by atoms with Crippen LogP contribution in [-0.4, -0.2) is 24.5 Å². The van der Waals surface area contributed by atoms with Crippen molar-refractivity contribution in [1.29, 1.82) is 0 Å². The zero-order chi connectivity index (χ0) is 21.7. The van der Waals surface area contributed by atoms with E-state index in [1.54, 1.807) is 6.92 Å². The van der Waals surface area contributed by atoms with Crippen LogP contribution < -0.4 is 20.8 Å². The number of benzene rings is 1. The van der Waals surface area contributed by atoms with Crippen LogP contribution in [0, 0.1) is 6.92 Å². The Morgan fingerprint density at radius 2 is 1.90 bits per heavy atom. The van der Waals surface area contributed by atoms with Crippen molar-refractivity contribution in [3.8, 4) is 5.75 Å². The average Bonchev–Trinajstić information content (AvgIpc) is 2.72. The number of carboxylic acids is 1. The predicted octanol–water partition coefficient (Wildman–Crippen LogP) is 2.17. The van der Waals surface area contributed by atoms with Crippen LogP contribution in [0.2, 0.25) is 0 Å². The van der Waals surface area contributed by atoms with E-state index >= 15 is 0 Å². The summed E-state index contributed by atoms with van der Waals surface area (Å²) in [5.41, 5.74) is 2.82. The number of aryl methyl sites for hydroxylation is 2. The highest BCUT2D eigenvalue weighted by Crippen LogP contribution is 2.32. The molecule has 1 atom stereocenters. The van der Waals surface area contributed by atoms with Crippen LogP contribution in [0.3, 0.4) is 0 Å². The number of hydrogen-bond donors (Lipinski definition) is 1. The highest BCUT2D eigenvalue weighted by Gasteiger charge is 2.21. The second-order valence-corrected chi connectivity index (χ2v) is 7.85. The Kier molecular flexibility index (Phi) is 7.13. The molecule has 1 aromatic carbocycles. The first kappa shape index (κ1) is 21.9. The van der Waals surface area contributed by atoms with Crippen LogP contribution in [0.1, 0.15) is 62.1 Å². The molecule has 0 fully saturated rings. The number of unbranched alkanes of at least 4 members (excludes halogenated alkanes) is 2. The van der Waals surface area contributed by atoms with Gasteiger partial charge in [-0.2, -0.15) is 0 Å². The summed E-state index contributed by atoms with van der Waals surface area (Å²) >= 11 is 0. The Morgan fingerprint density at radius 1 is 1.17 bits per heavy atom. The number of carbonyl (C=O) groups is 2. The molecule has 0 radical (unpaired) electrons. The largest absolute Gasteiger partial charge is 0.550 e. The van der Waals surface area contributed by atoms with Gasteiger partial charge in [0.1, 0.15) is 11.3 Å². The summed E-state index contributed by atoms with van der Waals surface area (Å²) in [4.78, 5) is 35.1. The summed E-state index contributed by atoms with van der Waals surface area (Å²) in [6, 6.07) is 3.74. The van der Waals surface area contributed by atoms with E-state index in [-0.39, 0.29) is 18.0 Å². The van der Waals surface area contributed by atoms with E-state index < -0.39 is 12.1 Å². The van der Waals surface area contributed by atoms with E-state index in [4.69, 9.17) is 9.15 Å². The van der Waals surface area contributed by atoms with Gasteiger partial charge in [-0.05, 0) is 76.5 Å². The second kappa shape index (κ2) is 9.78. The van der Waals surface area contributed by atoms with Gasteiger partial charge in [-0.15, -0.1) is 0 Å². The molecule has 0 bridgehead atoms. The number of amides is 1. The summed E-state index contributed by atoms with van der Waals surface area (Å²) in [5, 5.41) is 14.1. The molecule has 0 unspecified atom stereocenters. The average molecular weight is 414 g/mol. The zero-order valence-corrected chi connectivity index (χ0v) is 17.5. The van der Waals surface area contributed by atoms with Gasteiger partial charge in [-0.25, -0.2) is 4.79 Å². The first-order chi connectivity index (χ1) is 14.4. The van der Waals surface area contributed by atoms with Crippen molar-refractivity contribution >= 4 is 22.8 Å². The molecule has 1 aliphatic rings. The van der Waals surface area contributed by atoms with Gasteiger partial charge in [0.05, 0.1) is 0 Å².